The van der Waals surface area contributed by atoms with E-state index in [1.807, 2.05) is 0 Å². The maximum atomic E-state index is 11.3. The molecule has 1 N–H and O–H groups in total. The number of aliphatic imine (C=N–C) groups is 1. The minimum atomic E-state index is -1.08. The van der Waals surface area contributed by atoms with E-state index in [1.165, 1.54) is 19.5 Å². The number of alkyl halides is 1. The molecular formula is C14H19ClN2O4. The Balaban J connectivity index is 3.18. The average molecular weight is 315 g/mol. The molecule has 0 atom stereocenters. The Morgan fingerprint density at radius 3 is 2.67 bits per heavy atom. The summed E-state index contributed by atoms with van der Waals surface area (Å²) in [6, 6.07) is 2.96. The number of aromatic carboxylic acids is 1. The van der Waals surface area contributed by atoms with Crippen LogP contribution >= 0.6 is 11.6 Å². The Kier molecular flexibility index (Phi) is 6.81. The molecule has 0 aromatic heterocycles. The highest BCUT2D eigenvalue weighted by molar-refractivity contribution is 6.17. The maximum absolute atomic E-state index is 11.3. The highest BCUT2D eigenvalue weighted by Crippen LogP contribution is 2.35. The second-order valence-corrected chi connectivity index (χ2v) is 4.80. The topological polar surface area (TPSA) is 71.4 Å². The van der Waals surface area contributed by atoms with Gasteiger partial charge >= 0.3 is 5.97 Å². The van der Waals surface area contributed by atoms with Crippen molar-refractivity contribution in [1.29, 1.82) is 0 Å². The number of methoxy groups -OCH3 is 1. The molecular weight excluding hydrogens is 296 g/mol. The SMILES string of the molecule is COc1cc(C(=O)O)c(N=CN(C)C)cc1OCCCCl. The van der Waals surface area contributed by atoms with E-state index in [0.717, 1.165) is 0 Å². The quantitative estimate of drug-likeness (QED) is 0.346. The van der Waals surface area contributed by atoms with E-state index >= 15 is 0 Å². The molecule has 0 bridgehead atoms. The molecule has 0 unspecified atom stereocenters. The Bertz CT molecular complexity index is 518. The Hall–Kier alpha value is -1.95. The summed E-state index contributed by atoms with van der Waals surface area (Å²) in [5.41, 5.74) is 0.354. The van der Waals surface area contributed by atoms with E-state index in [1.54, 1.807) is 25.1 Å². The van der Waals surface area contributed by atoms with Gasteiger partial charge in [0.25, 0.3) is 0 Å². The van der Waals surface area contributed by atoms with Crippen LogP contribution in [0.5, 0.6) is 11.5 Å². The molecule has 7 heteroatoms. The molecule has 1 aromatic carbocycles. The van der Waals surface area contributed by atoms with Crippen LogP contribution in [0.3, 0.4) is 0 Å². The van der Waals surface area contributed by atoms with Crippen LogP contribution in [0, 0.1) is 0 Å². The van der Waals surface area contributed by atoms with E-state index in [9.17, 15) is 9.90 Å². The number of carboxylic acid groups (broad SMARTS) is 1. The Morgan fingerprint density at radius 1 is 1.43 bits per heavy atom. The number of hydrogen-bond donors (Lipinski definition) is 1. The molecule has 0 heterocycles. The van der Waals surface area contributed by atoms with Gasteiger partial charge in [-0.2, -0.15) is 0 Å². The predicted octanol–water partition coefficient (Wildman–Crippen LogP) is 2.62. The van der Waals surface area contributed by atoms with Gasteiger partial charge in [0.1, 0.15) is 0 Å². The fraction of sp³-hybridized carbons (Fsp3) is 0.429. The van der Waals surface area contributed by atoms with Crippen LogP contribution in [0.4, 0.5) is 5.69 Å². The predicted molar refractivity (Wildman–Crippen MR) is 82.6 cm³/mol. The number of nitrogens with zero attached hydrogens (tertiary/aromatic N) is 2. The minimum absolute atomic E-state index is 0.0506. The molecule has 0 aliphatic rings. The summed E-state index contributed by atoms with van der Waals surface area (Å²) >= 11 is 5.61. The standard InChI is InChI=1S/C14H19ClN2O4/c1-17(2)9-16-11-8-13(21-6-4-5-15)12(20-3)7-10(11)14(18)19/h7-9H,4-6H2,1-3H3,(H,18,19). The Labute approximate surface area is 128 Å². The minimum Gasteiger partial charge on any atom is -0.493 e. The highest BCUT2D eigenvalue weighted by Gasteiger charge is 2.16. The van der Waals surface area contributed by atoms with Crippen LogP contribution in [0.1, 0.15) is 16.8 Å². The van der Waals surface area contributed by atoms with E-state index in [4.69, 9.17) is 21.1 Å². The summed E-state index contributed by atoms with van der Waals surface area (Å²) in [6.45, 7) is 0.420. The van der Waals surface area contributed by atoms with Gasteiger partial charge in [-0.1, -0.05) is 0 Å². The largest absolute Gasteiger partial charge is 0.493 e. The second kappa shape index (κ2) is 8.36. The average Bonchev–Trinajstić information content (AvgIpc) is 2.44. The zero-order valence-corrected chi connectivity index (χ0v) is 13.1. The molecule has 21 heavy (non-hydrogen) atoms. The van der Waals surface area contributed by atoms with Gasteiger partial charge in [0.2, 0.25) is 0 Å². The number of carboxylic acids is 1. The van der Waals surface area contributed by atoms with Gasteiger partial charge < -0.3 is 19.5 Å². The molecule has 0 spiro atoms. The second-order valence-electron chi connectivity index (χ2n) is 4.42. The smallest absolute Gasteiger partial charge is 0.338 e. The van der Waals surface area contributed by atoms with Crippen molar-refractivity contribution < 1.29 is 19.4 Å². The van der Waals surface area contributed by atoms with Crippen LogP contribution < -0.4 is 9.47 Å². The van der Waals surface area contributed by atoms with Crippen LogP contribution in [-0.2, 0) is 0 Å². The van der Waals surface area contributed by atoms with Crippen molar-refractivity contribution in [3.8, 4) is 11.5 Å². The fourth-order valence-electron chi connectivity index (χ4n) is 1.51. The summed E-state index contributed by atoms with van der Waals surface area (Å²) in [5, 5.41) is 9.25. The zero-order valence-electron chi connectivity index (χ0n) is 12.3. The molecule has 0 aliphatic heterocycles. The third-order valence-electron chi connectivity index (χ3n) is 2.48. The van der Waals surface area contributed by atoms with E-state index in [2.05, 4.69) is 4.99 Å². The molecule has 1 aromatic rings. The van der Waals surface area contributed by atoms with Crippen molar-refractivity contribution in [3.63, 3.8) is 0 Å². The first-order valence-electron chi connectivity index (χ1n) is 6.34. The summed E-state index contributed by atoms with van der Waals surface area (Å²) in [7, 11) is 5.05. The van der Waals surface area contributed by atoms with E-state index < -0.39 is 5.97 Å². The van der Waals surface area contributed by atoms with Crippen molar-refractivity contribution in [2.75, 3.05) is 33.7 Å². The third-order valence-corrected chi connectivity index (χ3v) is 2.74. The number of carbonyl (C=O) groups is 1. The summed E-state index contributed by atoms with van der Waals surface area (Å²) in [4.78, 5) is 17.2. The van der Waals surface area contributed by atoms with Gasteiger partial charge in [0.05, 0.1) is 31.3 Å². The zero-order chi connectivity index (χ0) is 15.8. The lowest BCUT2D eigenvalue weighted by molar-refractivity contribution is 0.0697. The van der Waals surface area contributed by atoms with Gasteiger partial charge in [-0.15, -0.1) is 11.6 Å². The number of hydrogen-bond acceptors (Lipinski definition) is 4. The molecule has 0 fully saturated rings. The number of benzene rings is 1. The lowest BCUT2D eigenvalue weighted by atomic mass is 10.1. The van der Waals surface area contributed by atoms with Gasteiger partial charge in [-0.25, -0.2) is 9.79 Å². The number of halogens is 1. The first-order valence-corrected chi connectivity index (χ1v) is 6.87. The summed E-state index contributed by atoms with van der Waals surface area (Å²) in [6.07, 6.45) is 2.21. The molecule has 0 saturated heterocycles. The molecule has 1 rings (SSSR count). The van der Waals surface area contributed by atoms with Crippen molar-refractivity contribution >= 4 is 29.6 Å². The van der Waals surface area contributed by atoms with Crippen LogP contribution in [-0.4, -0.2) is 56.0 Å². The third kappa shape index (κ3) is 5.15. The number of ether oxygens (including phenoxy) is 2. The van der Waals surface area contributed by atoms with E-state index in [-0.39, 0.29) is 5.56 Å². The van der Waals surface area contributed by atoms with Crippen LogP contribution in [0.2, 0.25) is 0 Å². The van der Waals surface area contributed by atoms with Crippen molar-refractivity contribution in [1.82, 2.24) is 4.90 Å². The Morgan fingerprint density at radius 2 is 2.14 bits per heavy atom. The van der Waals surface area contributed by atoms with Gasteiger partial charge in [0, 0.05) is 32.1 Å². The molecule has 0 aliphatic carbocycles. The number of rotatable bonds is 8. The lowest BCUT2D eigenvalue weighted by Crippen LogP contribution is -2.08. The van der Waals surface area contributed by atoms with Gasteiger partial charge in [-0.3, -0.25) is 0 Å². The molecule has 0 saturated carbocycles. The van der Waals surface area contributed by atoms with Gasteiger partial charge in [0.15, 0.2) is 11.5 Å². The highest BCUT2D eigenvalue weighted by atomic mass is 35.5. The van der Waals surface area contributed by atoms with Crippen molar-refractivity contribution in [2.45, 2.75) is 6.42 Å². The van der Waals surface area contributed by atoms with E-state index in [0.29, 0.717) is 36.1 Å². The molecule has 6 nitrogen and oxygen atoms in total. The molecule has 0 amide bonds. The monoisotopic (exact) mass is 314 g/mol. The van der Waals surface area contributed by atoms with Crippen molar-refractivity contribution in [3.05, 3.63) is 17.7 Å². The molecule has 0 radical (unpaired) electrons. The summed E-state index contributed by atoms with van der Waals surface area (Å²) in [5.74, 6) is 0.206. The van der Waals surface area contributed by atoms with Crippen molar-refractivity contribution in [2.24, 2.45) is 4.99 Å². The molecule has 116 valence electrons. The fourth-order valence-corrected chi connectivity index (χ4v) is 1.62. The van der Waals surface area contributed by atoms with Gasteiger partial charge in [-0.05, 0) is 6.42 Å². The first-order chi connectivity index (χ1) is 9.99. The lowest BCUT2D eigenvalue weighted by Gasteiger charge is -2.13. The van der Waals surface area contributed by atoms with Crippen LogP contribution in [0.15, 0.2) is 17.1 Å². The van der Waals surface area contributed by atoms with Crippen LogP contribution in [0.25, 0.3) is 0 Å². The summed E-state index contributed by atoms with van der Waals surface area (Å²) < 4.78 is 10.7. The normalized spacial score (nSPS) is 10.7. The first kappa shape index (κ1) is 17.1. The maximum Gasteiger partial charge on any atom is 0.338 e.